The van der Waals surface area contributed by atoms with Crippen molar-refractivity contribution < 1.29 is 14.6 Å². The first-order valence-electron chi connectivity index (χ1n) is 21.0. The summed E-state index contributed by atoms with van der Waals surface area (Å²) in [5.74, 6) is 1.36. The second kappa shape index (κ2) is 16.5. The minimum atomic E-state index is -1.09. The number of nitrogens with zero attached hydrogens (tertiary/aromatic N) is 2. The molecule has 58 heavy (non-hydrogen) atoms. The predicted molar refractivity (Wildman–Crippen MR) is 240 cm³/mol. The smallest absolute Gasteiger partial charge is 0.179 e. The normalized spacial score (nSPS) is 15.4. The minimum Gasteiger partial charge on any atom is -0.456 e. The van der Waals surface area contributed by atoms with Gasteiger partial charge >= 0.3 is 0 Å². The fourth-order valence-electron chi connectivity index (χ4n) is 8.57. The molecule has 0 saturated heterocycles. The van der Waals surface area contributed by atoms with Gasteiger partial charge in [0, 0.05) is 57.4 Å². The number of allylic oxidation sites excluding steroid dienone is 1. The van der Waals surface area contributed by atoms with E-state index >= 15 is 0 Å². The molecule has 1 N–H and O–H groups in total. The van der Waals surface area contributed by atoms with E-state index in [4.69, 9.17) is 9.47 Å². The molecule has 6 aromatic rings. The molecule has 8 rings (SSSR count). The lowest BCUT2D eigenvalue weighted by atomic mass is 9.76. The average Bonchev–Trinajstić information content (AvgIpc) is 3.55. The molecule has 0 amide bonds. The Kier molecular flexibility index (Phi) is 11.1. The Hall–Kier alpha value is -5.88. The van der Waals surface area contributed by atoms with Crippen LogP contribution >= 0.6 is 0 Å². The number of fused-ring (bicyclic) bond motifs is 4. The number of hydrogen-bond acceptors (Lipinski definition) is 5. The standard InChI is InChI=1S/C53H54N2O3/c1-7-13-47-46(12-6)52(56)58-53(47)48-32-30-44(54(40-22-14-36(8-2)15-23-40)41-24-16-37(9-3)17-25-41)34-50(48)57-51-35-45(31-33-49(51)53)55(42-26-18-38(10-4)19-27-42)43-28-20-39(11-5)21-29-43/h7,13-35,52,56H,8-12H2,1-6H3/b13-7-. The van der Waals surface area contributed by atoms with Crippen LogP contribution in [0.15, 0.2) is 157 Å². The Labute approximate surface area is 344 Å². The lowest BCUT2D eigenvalue weighted by Crippen LogP contribution is -2.34. The van der Waals surface area contributed by atoms with Gasteiger partial charge in [-0.1, -0.05) is 95.3 Å². The highest BCUT2D eigenvalue weighted by atomic mass is 16.6. The summed E-state index contributed by atoms with van der Waals surface area (Å²) in [6, 6.07) is 48.0. The van der Waals surface area contributed by atoms with E-state index in [1.165, 1.54) is 22.3 Å². The number of rotatable bonds is 12. The van der Waals surface area contributed by atoms with E-state index in [1.54, 1.807) is 0 Å². The molecule has 1 spiro atoms. The van der Waals surface area contributed by atoms with Crippen LogP contribution in [0.2, 0.25) is 0 Å². The van der Waals surface area contributed by atoms with E-state index in [2.05, 4.69) is 184 Å². The monoisotopic (exact) mass is 766 g/mol. The molecule has 1 atom stereocenters. The summed E-state index contributed by atoms with van der Waals surface area (Å²) in [6.07, 6.45) is 7.61. The van der Waals surface area contributed by atoms with E-state index in [0.29, 0.717) is 17.9 Å². The highest BCUT2D eigenvalue weighted by Crippen LogP contribution is 2.59. The first kappa shape index (κ1) is 39.0. The summed E-state index contributed by atoms with van der Waals surface area (Å²) in [5, 5.41) is 11.6. The first-order chi connectivity index (χ1) is 28.3. The summed E-state index contributed by atoms with van der Waals surface area (Å²) < 4.78 is 14.0. The van der Waals surface area contributed by atoms with Crippen LogP contribution in [0.4, 0.5) is 34.1 Å². The van der Waals surface area contributed by atoms with Gasteiger partial charge in [-0.2, -0.15) is 0 Å². The van der Waals surface area contributed by atoms with Gasteiger partial charge in [0.2, 0.25) is 0 Å². The van der Waals surface area contributed by atoms with E-state index in [1.807, 2.05) is 13.0 Å². The maximum Gasteiger partial charge on any atom is 0.179 e. The highest BCUT2D eigenvalue weighted by molar-refractivity contribution is 5.81. The maximum atomic E-state index is 11.6. The maximum absolute atomic E-state index is 11.6. The number of benzene rings is 6. The number of aliphatic hydroxyl groups excluding tert-OH is 1. The largest absolute Gasteiger partial charge is 0.456 e. The molecule has 0 radical (unpaired) electrons. The second-order valence-corrected chi connectivity index (χ2v) is 15.2. The third kappa shape index (κ3) is 6.93. The summed E-state index contributed by atoms with van der Waals surface area (Å²) in [7, 11) is 0. The molecular weight excluding hydrogens is 713 g/mol. The van der Waals surface area contributed by atoms with E-state index in [0.717, 1.165) is 82.1 Å². The van der Waals surface area contributed by atoms with Crippen molar-refractivity contribution in [2.45, 2.75) is 85.5 Å². The molecule has 6 aromatic carbocycles. The Balaban J connectivity index is 1.33. The molecule has 0 fully saturated rings. The lowest BCUT2D eigenvalue weighted by Gasteiger charge is -2.39. The highest BCUT2D eigenvalue weighted by Gasteiger charge is 2.53. The molecule has 0 aromatic heterocycles. The number of hydrogen-bond donors (Lipinski definition) is 1. The van der Waals surface area contributed by atoms with Crippen molar-refractivity contribution in [2.24, 2.45) is 0 Å². The van der Waals surface area contributed by atoms with Crippen LogP contribution in [0.5, 0.6) is 11.5 Å². The zero-order valence-corrected chi connectivity index (χ0v) is 34.6. The van der Waals surface area contributed by atoms with Gasteiger partial charge in [0.1, 0.15) is 11.5 Å². The minimum absolute atomic E-state index is 0.648. The summed E-state index contributed by atoms with van der Waals surface area (Å²) >= 11 is 0. The third-order valence-corrected chi connectivity index (χ3v) is 11.9. The number of anilines is 6. The molecular formula is C53H54N2O3. The van der Waals surface area contributed by atoms with Gasteiger partial charge in [0.25, 0.3) is 0 Å². The SMILES string of the molecule is C/C=C\C1=C(CC)C(O)OC12c1ccc(N(c3ccc(CC)cc3)c3ccc(CC)cc3)cc1Oc1cc(N(c3ccc(CC)cc3)c3ccc(CC)cc3)ccc12. The zero-order chi connectivity index (χ0) is 40.4. The zero-order valence-electron chi connectivity index (χ0n) is 34.6. The number of aryl methyl sites for hydroxylation is 4. The van der Waals surface area contributed by atoms with Crippen molar-refractivity contribution >= 4 is 34.1 Å². The quantitative estimate of drug-likeness (QED) is 0.134. The van der Waals surface area contributed by atoms with Crippen LogP contribution in [-0.4, -0.2) is 11.4 Å². The van der Waals surface area contributed by atoms with Crippen LogP contribution in [0.1, 0.15) is 81.3 Å². The van der Waals surface area contributed by atoms with E-state index < -0.39 is 11.9 Å². The van der Waals surface area contributed by atoms with Crippen molar-refractivity contribution in [3.05, 3.63) is 190 Å². The van der Waals surface area contributed by atoms with Crippen LogP contribution < -0.4 is 14.5 Å². The molecule has 294 valence electrons. The van der Waals surface area contributed by atoms with E-state index in [9.17, 15) is 5.11 Å². The van der Waals surface area contributed by atoms with Gasteiger partial charge in [0.15, 0.2) is 11.9 Å². The predicted octanol–water partition coefficient (Wildman–Crippen LogP) is 13.9. The molecule has 0 aliphatic carbocycles. The van der Waals surface area contributed by atoms with Crippen LogP contribution in [-0.2, 0) is 36.0 Å². The molecule has 2 aliphatic heterocycles. The number of aliphatic hydroxyl groups is 1. The van der Waals surface area contributed by atoms with E-state index in [-0.39, 0.29) is 0 Å². The van der Waals surface area contributed by atoms with Crippen molar-refractivity contribution in [3.63, 3.8) is 0 Å². The average molecular weight is 767 g/mol. The van der Waals surface area contributed by atoms with Crippen molar-refractivity contribution in [1.82, 2.24) is 0 Å². The molecule has 1 unspecified atom stereocenters. The van der Waals surface area contributed by atoms with Gasteiger partial charge in [-0.15, -0.1) is 0 Å². The summed E-state index contributed by atoms with van der Waals surface area (Å²) in [4.78, 5) is 4.57. The first-order valence-corrected chi connectivity index (χ1v) is 21.0. The fraction of sp³-hybridized carbons (Fsp3) is 0.245. The summed E-state index contributed by atoms with van der Waals surface area (Å²) in [6.45, 7) is 12.8. The molecule has 2 aliphatic rings. The molecule has 5 nitrogen and oxygen atoms in total. The molecule has 2 heterocycles. The van der Waals surface area contributed by atoms with Gasteiger partial charge in [-0.3, -0.25) is 0 Å². The van der Waals surface area contributed by atoms with Crippen molar-refractivity contribution in [2.75, 3.05) is 9.80 Å². The van der Waals surface area contributed by atoms with Crippen molar-refractivity contribution in [1.29, 1.82) is 0 Å². The molecule has 0 saturated carbocycles. The van der Waals surface area contributed by atoms with Gasteiger partial charge in [-0.05, 0) is 145 Å². The topological polar surface area (TPSA) is 45.2 Å². The Morgan fingerprint density at radius 3 is 1.16 bits per heavy atom. The number of ether oxygens (including phenoxy) is 2. The molecule has 0 bridgehead atoms. The van der Waals surface area contributed by atoms with Crippen LogP contribution in [0.3, 0.4) is 0 Å². The summed E-state index contributed by atoms with van der Waals surface area (Å²) in [5.41, 5.74) is 13.7. The lowest BCUT2D eigenvalue weighted by molar-refractivity contribution is -0.119. The van der Waals surface area contributed by atoms with Gasteiger partial charge in [-0.25, -0.2) is 0 Å². The van der Waals surface area contributed by atoms with Crippen LogP contribution in [0, 0.1) is 0 Å². The second-order valence-electron chi connectivity index (χ2n) is 15.2. The fourth-order valence-corrected chi connectivity index (χ4v) is 8.57. The van der Waals surface area contributed by atoms with Gasteiger partial charge in [0.05, 0.1) is 0 Å². The van der Waals surface area contributed by atoms with Crippen LogP contribution in [0.25, 0.3) is 0 Å². The Morgan fingerprint density at radius 1 is 0.500 bits per heavy atom. The van der Waals surface area contributed by atoms with Crippen molar-refractivity contribution in [3.8, 4) is 11.5 Å². The Morgan fingerprint density at radius 2 is 0.845 bits per heavy atom. The van der Waals surface area contributed by atoms with Gasteiger partial charge < -0.3 is 24.4 Å². The third-order valence-electron chi connectivity index (χ3n) is 11.9. The molecule has 5 heteroatoms. The Bertz CT molecular complexity index is 2200.